The largest absolute Gasteiger partial charge is 0.462 e. The quantitative estimate of drug-likeness (QED) is 0.573. The summed E-state index contributed by atoms with van der Waals surface area (Å²) in [4.78, 5) is 20.3. The fourth-order valence-corrected chi connectivity index (χ4v) is 0.651. The minimum absolute atomic E-state index is 0.229. The summed E-state index contributed by atoms with van der Waals surface area (Å²) in [7, 11) is 0. The normalized spacial score (nSPS) is 8.33. The van der Waals surface area contributed by atoms with Gasteiger partial charge in [0.05, 0.1) is 0 Å². The number of carbonyl (C=O) groups is 2. The molecule has 0 unspecified atom stereocenters. The fraction of sp³-hybridized carbons (Fsp3) is 0.571. The summed E-state index contributed by atoms with van der Waals surface area (Å²) in [6.45, 7) is 11.5. The lowest BCUT2D eigenvalue weighted by Gasteiger charge is -1.94. The Balaban J connectivity index is 0. The monoisotopic (exact) mass is 256 g/mol. The van der Waals surface area contributed by atoms with E-state index in [1.807, 2.05) is 39.8 Å². The Labute approximate surface area is 110 Å². The molecule has 0 heterocycles. The smallest absolute Gasteiger partial charge is 0.302 e. The lowest BCUT2D eigenvalue weighted by molar-refractivity contribution is -0.140. The molecule has 0 bridgehead atoms. The van der Waals surface area contributed by atoms with E-state index in [4.69, 9.17) is 0 Å². The van der Waals surface area contributed by atoms with E-state index in [9.17, 15) is 9.59 Å². The number of esters is 2. The van der Waals surface area contributed by atoms with E-state index < -0.39 is 0 Å². The molecule has 0 aromatic rings. The van der Waals surface area contributed by atoms with Crippen LogP contribution in [-0.4, -0.2) is 25.2 Å². The van der Waals surface area contributed by atoms with Gasteiger partial charge in [-0.05, 0) is 39.8 Å². The average Bonchev–Trinajstić information content (AvgIpc) is 2.15. The molecule has 0 aliphatic heterocycles. The van der Waals surface area contributed by atoms with Crippen molar-refractivity contribution in [3.05, 3.63) is 23.3 Å². The van der Waals surface area contributed by atoms with Gasteiger partial charge in [-0.2, -0.15) is 0 Å². The van der Waals surface area contributed by atoms with Crippen LogP contribution in [-0.2, 0) is 19.1 Å². The van der Waals surface area contributed by atoms with E-state index in [1.165, 1.54) is 13.8 Å². The van der Waals surface area contributed by atoms with Crippen LogP contribution >= 0.6 is 0 Å². The highest BCUT2D eigenvalue weighted by molar-refractivity contribution is 5.66. The van der Waals surface area contributed by atoms with Gasteiger partial charge in [0, 0.05) is 13.8 Å². The average molecular weight is 256 g/mol. The van der Waals surface area contributed by atoms with Crippen molar-refractivity contribution in [3.63, 3.8) is 0 Å². The molecule has 0 aliphatic carbocycles. The molecule has 4 nitrogen and oxygen atoms in total. The van der Waals surface area contributed by atoms with Gasteiger partial charge in [-0.1, -0.05) is 11.1 Å². The van der Waals surface area contributed by atoms with Crippen molar-refractivity contribution in [2.24, 2.45) is 0 Å². The maximum atomic E-state index is 10.2. The van der Waals surface area contributed by atoms with Crippen LogP contribution in [0.25, 0.3) is 0 Å². The van der Waals surface area contributed by atoms with E-state index in [-0.39, 0.29) is 11.9 Å². The molecule has 0 saturated heterocycles. The summed E-state index contributed by atoms with van der Waals surface area (Å²) < 4.78 is 9.27. The Hall–Kier alpha value is -1.58. The second-order valence-electron chi connectivity index (χ2n) is 4.17. The number of ether oxygens (including phenoxy) is 2. The Morgan fingerprint density at radius 3 is 1.17 bits per heavy atom. The summed E-state index contributed by atoms with van der Waals surface area (Å²) in [5.41, 5.74) is 2.33. The van der Waals surface area contributed by atoms with Crippen molar-refractivity contribution in [2.45, 2.75) is 41.5 Å². The van der Waals surface area contributed by atoms with Gasteiger partial charge >= 0.3 is 11.9 Å². The van der Waals surface area contributed by atoms with Gasteiger partial charge in [-0.3, -0.25) is 9.59 Å². The molecule has 0 saturated carbocycles. The molecule has 0 aromatic heterocycles. The lowest BCUT2D eigenvalue weighted by atomic mass is 10.3. The van der Waals surface area contributed by atoms with Gasteiger partial charge in [0.15, 0.2) is 0 Å². The third kappa shape index (κ3) is 23.9. The van der Waals surface area contributed by atoms with Gasteiger partial charge in [0.2, 0.25) is 0 Å². The summed E-state index contributed by atoms with van der Waals surface area (Å²) in [5.74, 6) is -0.458. The minimum atomic E-state index is -0.229. The SMILES string of the molecule is CC(=O)OCC=C(C)C.CC(=O)OCC=C(C)C. The van der Waals surface area contributed by atoms with Crippen LogP contribution in [0.5, 0.6) is 0 Å². The minimum Gasteiger partial charge on any atom is -0.462 e. The lowest BCUT2D eigenvalue weighted by Crippen LogP contribution is -1.97. The van der Waals surface area contributed by atoms with Gasteiger partial charge in [-0.25, -0.2) is 0 Å². The fourth-order valence-electron chi connectivity index (χ4n) is 0.651. The number of hydrogen-bond donors (Lipinski definition) is 0. The Morgan fingerprint density at radius 1 is 0.722 bits per heavy atom. The molecular weight excluding hydrogens is 232 g/mol. The van der Waals surface area contributed by atoms with E-state index in [0.29, 0.717) is 13.2 Å². The summed E-state index contributed by atoms with van der Waals surface area (Å²) >= 11 is 0. The summed E-state index contributed by atoms with van der Waals surface area (Å²) in [6.07, 6.45) is 3.72. The molecule has 0 atom stereocenters. The predicted molar refractivity (Wildman–Crippen MR) is 72.1 cm³/mol. The third-order valence-corrected chi connectivity index (χ3v) is 1.56. The highest BCUT2D eigenvalue weighted by Gasteiger charge is 1.87. The zero-order chi connectivity index (χ0) is 14.6. The van der Waals surface area contributed by atoms with Gasteiger partial charge in [0.25, 0.3) is 0 Å². The predicted octanol–water partition coefficient (Wildman–Crippen LogP) is 3.03. The summed E-state index contributed by atoms with van der Waals surface area (Å²) in [5, 5.41) is 0. The molecule has 4 heteroatoms. The zero-order valence-electron chi connectivity index (χ0n) is 12.2. The van der Waals surface area contributed by atoms with Crippen LogP contribution in [0.2, 0.25) is 0 Å². The van der Waals surface area contributed by atoms with E-state index in [2.05, 4.69) is 9.47 Å². The van der Waals surface area contributed by atoms with Gasteiger partial charge in [0.1, 0.15) is 13.2 Å². The Bertz CT molecular complexity index is 274. The number of rotatable bonds is 4. The Kier molecular flexibility index (Phi) is 12.4. The number of allylic oxidation sites excluding steroid dienone is 2. The van der Waals surface area contributed by atoms with Crippen LogP contribution in [0, 0.1) is 0 Å². The second kappa shape index (κ2) is 11.9. The van der Waals surface area contributed by atoms with Crippen molar-refractivity contribution in [1.29, 1.82) is 0 Å². The maximum absolute atomic E-state index is 10.2. The first kappa shape index (κ1) is 18.8. The van der Waals surface area contributed by atoms with Crippen LogP contribution in [0.1, 0.15) is 41.5 Å². The van der Waals surface area contributed by atoms with Crippen molar-refractivity contribution >= 4 is 11.9 Å². The topological polar surface area (TPSA) is 52.6 Å². The highest BCUT2D eigenvalue weighted by Crippen LogP contribution is 1.88. The molecular formula is C14H24O4. The Morgan fingerprint density at radius 2 is 1.00 bits per heavy atom. The van der Waals surface area contributed by atoms with Crippen LogP contribution in [0.3, 0.4) is 0 Å². The maximum Gasteiger partial charge on any atom is 0.302 e. The molecule has 104 valence electrons. The molecule has 0 rings (SSSR count). The first-order chi connectivity index (χ1) is 8.25. The van der Waals surface area contributed by atoms with Gasteiger partial charge < -0.3 is 9.47 Å². The van der Waals surface area contributed by atoms with Crippen molar-refractivity contribution in [2.75, 3.05) is 13.2 Å². The first-order valence-corrected chi connectivity index (χ1v) is 5.79. The molecule has 0 aromatic carbocycles. The van der Waals surface area contributed by atoms with Crippen LogP contribution in [0.15, 0.2) is 23.3 Å². The third-order valence-electron chi connectivity index (χ3n) is 1.56. The van der Waals surface area contributed by atoms with E-state index >= 15 is 0 Å². The van der Waals surface area contributed by atoms with E-state index in [1.54, 1.807) is 0 Å². The standard InChI is InChI=1S/2C7H12O2/c2*1-6(2)4-5-9-7(3)8/h2*4H,5H2,1-3H3. The van der Waals surface area contributed by atoms with Crippen molar-refractivity contribution in [3.8, 4) is 0 Å². The molecule has 18 heavy (non-hydrogen) atoms. The molecule has 0 spiro atoms. The van der Waals surface area contributed by atoms with Gasteiger partial charge in [-0.15, -0.1) is 0 Å². The molecule has 0 fully saturated rings. The molecule has 0 aliphatic rings. The van der Waals surface area contributed by atoms with Crippen molar-refractivity contribution in [1.82, 2.24) is 0 Å². The van der Waals surface area contributed by atoms with Crippen molar-refractivity contribution < 1.29 is 19.1 Å². The highest BCUT2D eigenvalue weighted by atomic mass is 16.5. The van der Waals surface area contributed by atoms with E-state index in [0.717, 1.165) is 11.1 Å². The first-order valence-electron chi connectivity index (χ1n) is 5.79. The zero-order valence-corrected chi connectivity index (χ0v) is 12.2. The number of hydrogen-bond acceptors (Lipinski definition) is 4. The van der Waals surface area contributed by atoms with Crippen LogP contribution in [0.4, 0.5) is 0 Å². The number of carbonyl (C=O) groups excluding carboxylic acids is 2. The molecule has 0 radical (unpaired) electrons. The van der Waals surface area contributed by atoms with Crippen LogP contribution < -0.4 is 0 Å². The molecule has 0 N–H and O–H groups in total. The summed E-state index contributed by atoms with van der Waals surface area (Å²) in [6, 6.07) is 0. The molecule has 0 amide bonds. The second-order valence-corrected chi connectivity index (χ2v) is 4.17.